The molecule has 1 aromatic rings. The lowest BCUT2D eigenvalue weighted by Crippen LogP contribution is -2.47. The van der Waals surface area contributed by atoms with Crippen molar-refractivity contribution in [3.05, 3.63) is 28.2 Å². The number of nitrogens with two attached hydrogens (primary N) is 1. The molecule has 0 aliphatic carbocycles. The Morgan fingerprint density at radius 2 is 2.22 bits per heavy atom. The van der Waals surface area contributed by atoms with Gasteiger partial charge in [-0.25, -0.2) is 8.42 Å². The van der Waals surface area contributed by atoms with E-state index in [0.717, 1.165) is 15.7 Å². The summed E-state index contributed by atoms with van der Waals surface area (Å²) >= 11 is 3.45. The molecule has 18 heavy (non-hydrogen) atoms. The lowest BCUT2D eigenvalue weighted by Gasteiger charge is -2.36. The second kappa shape index (κ2) is 5.19. The molecule has 0 spiro atoms. The van der Waals surface area contributed by atoms with Crippen LogP contribution in [-0.2, 0) is 16.4 Å². The summed E-state index contributed by atoms with van der Waals surface area (Å²) in [7, 11) is -2.89. The minimum atomic E-state index is -2.89. The zero-order chi connectivity index (χ0) is 13.3. The fourth-order valence-electron chi connectivity index (χ4n) is 2.33. The zero-order valence-corrected chi connectivity index (χ0v) is 12.7. The molecule has 1 atom stereocenters. The molecule has 1 heterocycles. The highest BCUT2D eigenvalue weighted by atomic mass is 79.9. The lowest BCUT2D eigenvalue weighted by atomic mass is 10.1. The molecule has 6 heteroatoms. The number of hydrogen-bond acceptors (Lipinski definition) is 4. The Balaban J connectivity index is 2.34. The van der Waals surface area contributed by atoms with Crippen LogP contribution in [0.3, 0.4) is 0 Å². The van der Waals surface area contributed by atoms with Gasteiger partial charge in [0.15, 0.2) is 9.84 Å². The Hall–Kier alpha value is -0.590. The van der Waals surface area contributed by atoms with E-state index >= 15 is 0 Å². The largest absolute Gasteiger partial charge is 0.366 e. The molecule has 1 saturated heterocycles. The van der Waals surface area contributed by atoms with Crippen molar-refractivity contribution >= 4 is 31.5 Å². The average Bonchev–Trinajstić information content (AvgIpc) is 2.28. The summed E-state index contributed by atoms with van der Waals surface area (Å²) < 4.78 is 24.2. The van der Waals surface area contributed by atoms with Crippen LogP contribution in [0.4, 0.5) is 5.69 Å². The van der Waals surface area contributed by atoms with E-state index < -0.39 is 9.84 Å². The van der Waals surface area contributed by atoms with Gasteiger partial charge in [-0.2, -0.15) is 0 Å². The maximum absolute atomic E-state index is 11.6. The maximum atomic E-state index is 11.6. The predicted molar refractivity (Wildman–Crippen MR) is 77.5 cm³/mol. The van der Waals surface area contributed by atoms with Gasteiger partial charge < -0.3 is 10.6 Å². The highest BCUT2D eigenvalue weighted by molar-refractivity contribution is 9.10. The van der Waals surface area contributed by atoms with Crippen LogP contribution >= 0.6 is 15.9 Å². The quantitative estimate of drug-likeness (QED) is 0.892. The van der Waals surface area contributed by atoms with Crippen molar-refractivity contribution in [2.24, 2.45) is 5.73 Å². The molecule has 100 valence electrons. The molecule has 0 radical (unpaired) electrons. The van der Waals surface area contributed by atoms with E-state index in [1.807, 2.05) is 25.1 Å². The van der Waals surface area contributed by atoms with Crippen LogP contribution in [0.25, 0.3) is 0 Å². The third kappa shape index (κ3) is 2.87. The van der Waals surface area contributed by atoms with E-state index in [1.54, 1.807) is 0 Å². The van der Waals surface area contributed by atoms with Crippen LogP contribution in [0.1, 0.15) is 12.5 Å². The first kappa shape index (κ1) is 13.8. The van der Waals surface area contributed by atoms with Crippen LogP contribution in [0.5, 0.6) is 0 Å². The van der Waals surface area contributed by atoms with E-state index in [-0.39, 0.29) is 17.5 Å². The third-order valence-electron chi connectivity index (χ3n) is 3.25. The fourth-order valence-corrected chi connectivity index (χ4v) is 4.24. The van der Waals surface area contributed by atoms with Crippen molar-refractivity contribution in [3.8, 4) is 0 Å². The molecular weight excluding hydrogens is 316 g/mol. The standard InChI is InChI=1S/C12H17BrN2O2S/c1-9-8-18(16,17)5-4-15(9)12-6-11(13)3-2-10(12)7-14/h2-3,6,9H,4-5,7-8,14H2,1H3. The molecule has 1 aromatic carbocycles. The summed E-state index contributed by atoms with van der Waals surface area (Å²) in [6.45, 7) is 2.93. The van der Waals surface area contributed by atoms with Gasteiger partial charge in [-0.05, 0) is 24.6 Å². The number of sulfone groups is 1. The Morgan fingerprint density at radius 1 is 1.50 bits per heavy atom. The van der Waals surface area contributed by atoms with Crippen molar-refractivity contribution in [1.29, 1.82) is 0 Å². The average molecular weight is 333 g/mol. The normalized spacial score (nSPS) is 23.1. The first-order valence-corrected chi connectivity index (χ1v) is 8.50. The molecule has 0 amide bonds. The van der Waals surface area contributed by atoms with Crippen molar-refractivity contribution in [3.63, 3.8) is 0 Å². The predicted octanol–water partition coefficient (Wildman–Crippen LogP) is 1.53. The Kier molecular flexibility index (Phi) is 3.99. The van der Waals surface area contributed by atoms with Crippen molar-refractivity contribution in [1.82, 2.24) is 0 Å². The van der Waals surface area contributed by atoms with Crippen LogP contribution in [0.2, 0.25) is 0 Å². The Bertz CT molecular complexity index is 545. The minimum Gasteiger partial charge on any atom is -0.366 e. The molecule has 1 unspecified atom stereocenters. The monoisotopic (exact) mass is 332 g/mol. The second-order valence-corrected chi connectivity index (χ2v) is 7.78. The number of rotatable bonds is 2. The van der Waals surface area contributed by atoms with Crippen LogP contribution < -0.4 is 10.6 Å². The van der Waals surface area contributed by atoms with Gasteiger partial charge in [-0.3, -0.25) is 0 Å². The Morgan fingerprint density at radius 3 is 2.83 bits per heavy atom. The maximum Gasteiger partial charge on any atom is 0.154 e. The van der Waals surface area contributed by atoms with Gasteiger partial charge in [0.25, 0.3) is 0 Å². The Labute approximate surface area is 116 Å². The van der Waals surface area contributed by atoms with Crippen LogP contribution in [0.15, 0.2) is 22.7 Å². The summed E-state index contributed by atoms with van der Waals surface area (Å²) in [5.74, 6) is 0.428. The molecule has 0 bridgehead atoms. The lowest BCUT2D eigenvalue weighted by molar-refractivity contribution is 0.568. The molecule has 2 N–H and O–H groups in total. The van der Waals surface area contributed by atoms with Crippen molar-refractivity contribution < 1.29 is 8.42 Å². The molecule has 1 fully saturated rings. The van der Waals surface area contributed by atoms with E-state index in [0.29, 0.717) is 13.1 Å². The van der Waals surface area contributed by atoms with Gasteiger partial charge in [0.2, 0.25) is 0 Å². The second-order valence-electron chi connectivity index (χ2n) is 4.63. The summed E-state index contributed by atoms with van der Waals surface area (Å²) in [5.41, 5.74) is 7.83. The zero-order valence-electron chi connectivity index (χ0n) is 10.3. The van der Waals surface area contributed by atoms with E-state index in [9.17, 15) is 8.42 Å². The number of benzene rings is 1. The highest BCUT2D eigenvalue weighted by Gasteiger charge is 2.29. The SMILES string of the molecule is CC1CS(=O)(=O)CCN1c1cc(Br)ccc1CN. The van der Waals surface area contributed by atoms with E-state index in [1.165, 1.54) is 0 Å². The third-order valence-corrected chi connectivity index (χ3v) is 5.54. The van der Waals surface area contributed by atoms with Crippen LogP contribution in [0, 0.1) is 0 Å². The molecule has 4 nitrogen and oxygen atoms in total. The molecule has 0 aromatic heterocycles. The number of hydrogen-bond donors (Lipinski definition) is 1. The van der Waals surface area contributed by atoms with Gasteiger partial charge in [-0.15, -0.1) is 0 Å². The van der Waals surface area contributed by atoms with E-state index in [4.69, 9.17) is 5.73 Å². The summed E-state index contributed by atoms with van der Waals surface area (Å²) in [6.07, 6.45) is 0. The number of anilines is 1. The van der Waals surface area contributed by atoms with E-state index in [2.05, 4.69) is 20.8 Å². The molecule has 1 aliphatic heterocycles. The molecular formula is C12H17BrN2O2S. The van der Waals surface area contributed by atoms with Crippen molar-refractivity contribution in [2.45, 2.75) is 19.5 Å². The van der Waals surface area contributed by atoms with Gasteiger partial charge in [0.1, 0.15) is 0 Å². The van der Waals surface area contributed by atoms with Crippen molar-refractivity contribution in [2.75, 3.05) is 23.0 Å². The van der Waals surface area contributed by atoms with Gasteiger partial charge in [0.05, 0.1) is 11.5 Å². The van der Waals surface area contributed by atoms with Gasteiger partial charge in [0, 0.05) is 29.3 Å². The summed E-state index contributed by atoms with van der Waals surface area (Å²) in [6, 6.07) is 5.94. The first-order valence-electron chi connectivity index (χ1n) is 5.88. The first-order chi connectivity index (χ1) is 8.43. The summed E-state index contributed by atoms with van der Waals surface area (Å²) in [5, 5.41) is 0. The number of nitrogens with zero attached hydrogens (tertiary/aromatic N) is 1. The molecule has 2 rings (SSSR count). The topological polar surface area (TPSA) is 63.4 Å². The molecule has 0 saturated carbocycles. The molecule has 1 aliphatic rings. The smallest absolute Gasteiger partial charge is 0.154 e. The highest BCUT2D eigenvalue weighted by Crippen LogP contribution is 2.28. The fraction of sp³-hybridized carbons (Fsp3) is 0.500. The summed E-state index contributed by atoms with van der Waals surface area (Å²) in [4.78, 5) is 2.13. The van der Waals surface area contributed by atoms with Gasteiger partial charge in [-0.1, -0.05) is 22.0 Å². The van der Waals surface area contributed by atoms with Crippen LogP contribution in [-0.4, -0.2) is 32.5 Å². The van der Waals surface area contributed by atoms with Gasteiger partial charge >= 0.3 is 0 Å². The minimum absolute atomic E-state index is 0.0108. The number of halogens is 1.